The van der Waals surface area contributed by atoms with Gasteiger partial charge in [-0.2, -0.15) is 5.10 Å². The molecule has 0 spiro atoms. The number of esters is 1. The van der Waals surface area contributed by atoms with E-state index < -0.39 is 0 Å². The van der Waals surface area contributed by atoms with Crippen molar-refractivity contribution in [3.8, 4) is 11.3 Å². The van der Waals surface area contributed by atoms with Gasteiger partial charge in [-0.3, -0.25) is 10.1 Å². The van der Waals surface area contributed by atoms with Crippen LogP contribution in [-0.2, 0) is 10.6 Å². The summed E-state index contributed by atoms with van der Waals surface area (Å²) in [5.41, 5.74) is 4.60. The zero-order valence-corrected chi connectivity index (χ0v) is 15.0. The van der Waals surface area contributed by atoms with E-state index in [1.807, 2.05) is 42.5 Å². The quantitative estimate of drug-likeness (QED) is 0.512. The van der Waals surface area contributed by atoms with Crippen molar-refractivity contribution in [3.63, 3.8) is 0 Å². The molecule has 0 radical (unpaired) electrons. The molecule has 0 aliphatic rings. The number of aromatic nitrogens is 3. The molecule has 0 aliphatic heterocycles. The van der Waals surface area contributed by atoms with E-state index in [0.717, 1.165) is 28.1 Å². The van der Waals surface area contributed by atoms with Gasteiger partial charge in [0.25, 0.3) is 0 Å². The summed E-state index contributed by atoms with van der Waals surface area (Å²) >= 11 is 6.04. The Bertz CT molecular complexity index is 920. The fourth-order valence-electron chi connectivity index (χ4n) is 2.60. The van der Waals surface area contributed by atoms with Crippen LogP contribution in [0.15, 0.2) is 48.8 Å². The van der Waals surface area contributed by atoms with Crippen LogP contribution in [0.2, 0.25) is 0 Å². The Kier molecular flexibility index (Phi) is 5.81. The Morgan fingerprint density at radius 3 is 2.81 bits per heavy atom. The summed E-state index contributed by atoms with van der Waals surface area (Å²) < 4.78 is 5.12. The first kappa shape index (κ1) is 17.9. The summed E-state index contributed by atoms with van der Waals surface area (Å²) in [5, 5.41) is 7.33. The van der Waals surface area contributed by atoms with Crippen LogP contribution in [0.3, 0.4) is 0 Å². The van der Waals surface area contributed by atoms with Crippen molar-refractivity contribution in [1.29, 1.82) is 0 Å². The standard InChI is InChI=1S/C20H18ClN3O2/c1-2-26-20(25)16-8-4-3-6-14(16)9-10-17-18(12-21)23-24-19(17)15-7-5-11-22-13-15/h3-11,13H,2,12H2,1H3,(H,23,24). The molecule has 26 heavy (non-hydrogen) atoms. The minimum absolute atomic E-state index is 0.298. The number of pyridine rings is 1. The van der Waals surface area contributed by atoms with Crippen molar-refractivity contribution in [1.82, 2.24) is 15.2 Å². The maximum Gasteiger partial charge on any atom is 0.338 e. The van der Waals surface area contributed by atoms with Gasteiger partial charge in [0.05, 0.1) is 23.7 Å². The average molecular weight is 368 g/mol. The molecule has 0 saturated carbocycles. The second-order valence-corrected chi connectivity index (χ2v) is 5.75. The largest absolute Gasteiger partial charge is 0.462 e. The van der Waals surface area contributed by atoms with Crippen molar-refractivity contribution < 1.29 is 9.53 Å². The van der Waals surface area contributed by atoms with Crippen molar-refractivity contribution in [3.05, 3.63) is 71.2 Å². The van der Waals surface area contributed by atoms with Crippen LogP contribution < -0.4 is 0 Å². The Balaban J connectivity index is 2.00. The summed E-state index contributed by atoms with van der Waals surface area (Å²) in [4.78, 5) is 16.3. The lowest BCUT2D eigenvalue weighted by molar-refractivity contribution is 0.0526. The molecule has 5 nitrogen and oxygen atoms in total. The van der Waals surface area contributed by atoms with Gasteiger partial charge >= 0.3 is 5.97 Å². The molecule has 0 fully saturated rings. The van der Waals surface area contributed by atoms with Crippen LogP contribution in [0, 0.1) is 0 Å². The highest BCUT2D eigenvalue weighted by Crippen LogP contribution is 2.26. The number of ether oxygens (including phenoxy) is 1. The number of H-pyrrole nitrogens is 1. The van der Waals surface area contributed by atoms with Crippen LogP contribution in [0.1, 0.15) is 34.1 Å². The van der Waals surface area contributed by atoms with Crippen molar-refractivity contribution >= 4 is 29.7 Å². The minimum Gasteiger partial charge on any atom is -0.462 e. The fourth-order valence-corrected chi connectivity index (χ4v) is 2.80. The molecule has 0 aliphatic carbocycles. The second kappa shape index (κ2) is 8.45. The molecule has 1 N–H and O–H groups in total. The third-order valence-corrected chi connectivity index (χ3v) is 4.10. The first-order valence-electron chi connectivity index (χ1n) is 8.22. The molecule has 0 unspecified atom stereocenters. The topological polar surface area (TPSA) is 67.9 Å². The zero-order valence-electron chi connectivity index (χ0n) is 14.3. The monoisotopic (exact) mass is 367 g/mol. The molecule has 2 aromatic heterocycles. The highest BCUT2D eigenvalue weighted by molar-refractivity contribution is 6.17. The summed E-state index contributed by atoms with van der Waals surface area (Å²) in [6.07, 6.45) is 7.23. The number of hydrogen-bond donors (Lipinski definition) is 1. The summed E-state index contributed by atoms with van der Waals surface area (Å²) in [6, 6.07) is 11.1. The van der Waals surface area contributed by atoms with E-state index in [0.29, 0.717) is 18.1 Å². The zero-order chi connectivity index (χ0) is 18.4. The van der Waals surface area contributed by atoms with E-state index in [-0.39, 0.29) is 5.97 Å². The maximum absolute atomic E-state index is 12.1. The van der Waals surface area contributed by atoms with Gasteiger partial charge in [-0.25, -0.2) is 4.79 Å². The highest BCUT2D eigenvalue weighted by Gasteiger charge is 2.13. The summed E-state index contributed by atoms with van der Waals surface area (Å²) in [7, 11) is 0. The average Bonchev–Trinajstić information content (AvgIpc) is 3.10. The lowest BCUT2D eigenvalue weighted by Gasteiger charge is -2.05. The van der Waals surface area contributed by atoms with E-state index in [1.165, 1.54) is 0 Å². The molecule has 3 rings (SSSR count). The third kappa shape index (κ3) is 3.83. The van der Waals surface area contributed by atoms with Crippen LogP contribution in [0.25, 0.3) is 23.4 Å². The normalized spacial score (nSPS) is 11.0. The van der Waals surface area contributed by atoms with Gasteiger partial charge < -0.3 is 4.74 Å². The van der Waals surface area contributed by atoms with Crippen LogP contribution >= 0.6 is 11.6 Å². The minimum atomic E-state index is -0.343. The number of halogens is 1. The fraction of sp³-hybridized carbons (Fsp3) is 0.150. The van der Waals surface area contributed by atoms with E-state index in [4.69, 9.17) is 16.3 Å². The van der Waals surface area contributed by atoms with Gasteiger partial charge in [-0.15, -0.1) is 11.6 Å². The van der Waals surface area contributed by atoms with E-state index in [2.05, 4.69) is 15.2 Å². The number of hydrogen-bond acceptors (Lipinski definition) is 4. The number of aromatic amines is 1. The van der Waals surface area contributed by atoms with Crippen molar-refractivity contribution in [2.45, 2.75) is 12.8 Å². The van der Waals surface area contributed by atoms with Crippen LogP contribution in [0.4, 0.5) is 0 Å². The molecule has 132 valence electrons. The van der Waals surface area contributed by atoms with Crippen molar-refractivity contribution in [2.75, 3.05) is 6.61 Å². The number of nitrogens with one attached hydrogen (secondary N) is 1. The molecule has 0 saturated heterocycles. The molecule has 1 aromatic carbocycles. The molecule has 0 atom stereocenters. The van der Waals surface area contributed by atoms with Crippen molar-refractivity contribution in [2.24, 2.45) is 0 Å². The smallest absolute Gasteiger partial charge is 0.338 e. The van der Waals surface area contributed by atoms with Crippen LogP contribution in [-0.4, -0.2) is 27.8 Å². The number of carbonyl (C=O) groups excluding carboxylic acids is 1. The summed E-state index contributed by atoms with van der Waals surface area (Å²) in [5.74, 6) is -0.0445. The number of benzene rings is 1. The lowest BCUT2D eigenvalue weighted by Crippen LogP contribution is -2.06. The highest BCUT2D eigenvalue weighted by atomic mass is 35.5. The Morgan fingerprint density at radius 2 is 2.08 bits per heavy atom. The number of rotatable bonds is 6. The predicted molar refractivity (Wildman–Crippen MR) is 103 cm³/mol. The molecule has 3 aromatic rings. The van der Waals surface area contributed by atoms with Gasteiger partial charge in [0.1, 0.15) is 5.69 Å². The van der Waals surface area contributed by atoms with Gasteiger partial charge in [0.2, 0.25) is 0 Å². The molecule has 6 heteroatoms. The van der Waals surface area contributed by atoms with Gasteiger partial charge in [-0.1, -0.05) is 30.4 Å². The molecular formula is C20H18ClN3O2. The van der Waals surface area contributed by atoms with Gasteiger partial charge in [0, 0.05) is 23.5 Å². The lowest BCUT2D eigenvalue weighted by atomic mass is 10.0. The predicted octanol–water partition coefficient (Wildman–Crippen LogP) is 4.56. The first-order valence-corrected chi connectivity index (χ1v) is 8.76. The molecule has 2 heterocycles. The number of carbonyl (C=O) groups is 1. The van der Waals surface area contributed by atoms with Gasteiger partial charge in [-0.05, 0) is 30.7 Å². The molecule has 0 amide bonds. The summed E-state index contributed by atoms with van der Waals surface area (Å²) in [6.45, 7) is 2.12. The SMILES string of the molecule is CCOC(=O)c1ccccc1C=Cc1c(-c2cccnc2)n[nH]c1CCl. The van der Waals surface area contributed by atoms with E-state index >= 15 is 0 Å². The second-order valence-electron chi connectivity index (χ2n) is 5.48. The molecule has 0 bridgehead atoms. The Labute approximate surface area is 156 Å². The Morgan fingerprint density at radius 1 is 1.23 bits per heavy atom. The first-order chi connectivity index (χ1) is 12.7. The van der Waals surface area contributed by atoms with E-state index in [1.54, 1.807) is 25.4 Å². The Hall–Kier alpha value is -2.92. The third-order valence-electron chi connectivity index (χ3n) is 3.84. The number of nitrogens with zero attached hydrogens (tertiary/aromatic N) is 2. The molecular weight excluding hydrogens is 350 g/mol. The van der Waals surface area contributed by atoms with Crippen LogP contribution in [0.5, 0.6) is 0 Å². The number of alkyl halides is 1. The van der Waals surface area contributed by atoms with Gasteiger partial charge in [0.15, 0.2) is 0 Å². The maximum atomic E-state index is 12.1. The van der Waals surface area contributed by atoms with E-state index in [9.17, 15) is 4.79 Å².